The van der Waals surface area contributed by atoms with Crippen molar-refractivity contribution in [3.05, 3.63) is 6.33 Å². The fourth-order valence-corrected chi connectivity index (χ4v) is 2.45. The molecule has 0 aromatic carbocycles. The molecule has 19 heavy (non-hydrogen) atoms. The standard InChI is InChI=1S/C13H20N6/c1-3-14-13-18-11-10(15-7-16-11)12(19-13)17-8(2)9-5-4-6-9/h7-9H,3-6H2,1-2H3,(H3,14,15,16,17,18,19). The Morgan fingerprint density at radius 1 is 1.42 bits per heavy atom. The van der Waals surface area contributed by atoms with Crippen molar-refractivity contribution in [2.75, 3.05) is 17.2 Å². The average molecular weight is 260 g/mol. The first kappa shape index (κ1) is 12.2. The Hall–Kier alpha value is -1.85. The highest BCUT2D eigenvalue weighted by Crippen LogP contribution is 2.31. The van der Waals surface area contributed by atoms with Crippen molar-refractivity contribution in [1.29, 1.82) is 0 Å². The highest BCUT2D eigenvalue weighted by molar-refractivity contribution is 5.83. The molecule has 1 aliphatic carbocycles. The molecule has 1 fully saturated rings. The number of nitrogens with one attached hydrogen (secondary N) is 3. The van der Waals surface area contributed by atoms with Gasteiger partial charge in [-0.15, -0.1) is 0 Å². The maximum absolute atomic E-state index is 4.54. The minimum absolute atomic E-state index is 0.435. The number of aromatic amines is 1. The number of hydrogen-bond donors (Lipinski definition) is 3. The van der Waals surface area contributed by atoms with Crippen molar-refractivity contribution in [1.82, 2.24) is 19.9 Å². The van der Waals surface area contributed by atoms with E-state index in [1.807, 2.05) is 6.92 Å². The van der Waals surface area contributed by atoms with Crippen LogP contribution in [0.15, 0.2) is 6.33 Å². The molecule has 1 saturated carbocycles. The fourth-order valence-electron chi connectivity index (χ4n) is 2.45. The molecular weight excluding hydrogens is 240 g/mol. The lowest BCUT2D eigenvalue weighted by molar-refractivity contribution is 0.285. The second kappa shape index (κ2) is 5.03. The van der Waals surface area contributed by atoms with Gasteiger partial charge in [0, 0.05) is 12.6 Å². The molecule has 0 amide bonds. The van der Waals surface area contributed by atoms with Crippen LogP contribution in [0.25, 0.3) is 11.2 Å². The molecule has 0 radical (unpaired) electrons. The van der Waals surface area contributed by atoms with Gasteiger partial charge in [0.1, 0.15) is 5.52 Å². The largest absolute Gasteiger partial charge is 0.365 e. The summed E-state index contributed by atoms with van der Waals surface area (Å²) in [6.45, 7) is 5.05. The van der Waals surface area contributed by atoms with Gasteiger partial charge in [-0.2, -0.15) is 9.97 Å². The number of rotatable bonds is 5. The second-order valence-corrected chi connectivity index (χ2v) is 5.15. The van der Waals surface area contributed by atoms with Crippen LogP contribution in [-0.4, -0.2) is 32.5 Å². The summed E-state index contributed by atoms with van der Waals surface area (Å²) in [6.07, 6.45) is 5.63. The van der Waals surface area contributed by atoms with Gasteiger partial charge < -0.3 is 15.6 Å². The number of H-pyrrole nitrogens is 1. The summed E-state index contributed by atoms with van der Waals surface area (Å²) in [5.41, 5.74) is 1.59. The topological polar surface area (TPSA) is 78.5 Å². The molecule has 0 aliphatic heterocycles. The van der Waals surface area contributed by atoms with Crippen molar-refractivity contribution in [3.8, 4) is 0 Å². The summed E-state index contributed by atoms with van der Waals surface area (Å²) in [7, 11) is 0. The summed E-state index contributed by atoms with van der Waals surface area (Å²) in [6, 6.07) is 0.435. The van der Waals surface area contributed by atoms with E-state index in [0.29, 0.717) is 17.6 Å². The van der Waals surface area contributed by atoms with Crippen LogP contribution in [0.2, 0.25) is 0 Å². The molecule has 3 N–H and O–H groups in total. The maximum atomic E-state index is 4.54. The Morgan fingerprint density at radius 2 is 2.26 bits per heavy atom. The molecule has 0 bridgehead atoms. The SMILES string of the molecule is CCNc1nc(NC(C)C2CCC2)c2[nH]cnc2n1. The molecule has 0 saturated heterocycles. The summed E-state index contributed by atoms with van der Waals surface area (Å²) < 4.78 is 0. The van der Waals surface area contributed by atoms with Crippen LogP contribution in [0.1, 0.15) is 33.1 Å². The van der Waals surface area contributed by atoms with Gasteiger partial charge in [-0.1, -0.05) is 6.42 Å². The quantitative estimate of drug-likeness (QED) is 0.769. The first-order valence-corrected chi connectivity index (χ1v) is 6.99. The van der Waals surface area contributed by atoms with Gasteiger partial charge >= 0.3 is 0 Å². The number of imidazole rings is 1. The third-order valence-corrected chi connectivity index (χ3v) is 3.84. The van der Waals surface area contributed by atoms with Gasteiger partial charge in [0.25, 0.3) is 0 Å². The monoisotopic (exact) mass is 260 g/mol. The van der Waals surface area contributed by atoms with Crippen molar-refractivity contribution in [2.24, 2.45) is 5.92 Å². The molecule has 102 valence electrons. The Labute approximate surface area is 112 Å². The Kier molecular flexibility index (Phi) is 3.23. The summed E-state index contributed by atoms with van der Waals surface area (Å²) >= 11 is 0. The van der Waals surface area contributed by atoms with E-state index >= 15 is 0 Å². The van der Waals surface area contributed by atoms with Gasteiger partial charge in [-0.05, 0) is 32.6 Å². The molecule has 1 unspecified atom stereocenters. The zero-order chi connectivity index (χ0) is 13.2. The zero-order valence-corrected chi connectivity index (χ0v) is 11.4. The van der Waals surface area contributed by atoms with Gasteiger partial charge in [-0.25, -0.2) is 4.98 Å². The maximum Gasteiger partial charge on any atom is 0.226 e. The molecule has 3 rings (SSSR count). The van der Waals surface area contributed by atoms with Gasteiger partial charge in [-0.3, -0.25) is 0 Å². The lowest BCUT2D eigenvalue weighted by Gasteiger charge is -2.32. The second-order valence-electron chi connectivity index (χ2n) is 5.15. The molecule has 2 aromatic rings. The summed E-state index contributed by atoms with van der Waals surface area (Å²) in [5.74, 6) is 2.23. The van der Waals surface area contributed by atoms with Crippen molar-refractivity contribution in [2.45, 2.75) is 39.2 Å². The molecular formula is C13H20N6. The van der Waals surface area contributed by atoms with Crippen LogP contribution in [0.3, 0.4) is 0 Å². The fraction of sp³-hybridized carbons (Fsp3) is 0.615. The highest BCUT2D eigenvalue weighted by atomic mass is 15.2. The lowest BCUT2D eigenvalue weighted by Crippen LogP contribution is -2.31. The zero-order valence-electron chi connectivity index (χ0n) is 11.4. The van der Waals surface area contributed by atoms with Gasteiger partial charge in [0.15, 0.2) is 11.5 Å². The number of fused-ring (bicyclic) bond motifs is 1. The molecule has 6 heteroatoms. The number of nitrogens with zero attached hydrogens (tertiary/aromatic N) is 3. The van der Waals surface area contributed by atoms with Crippen LogP contribution >= 0.6 is 0 Å². The number of anilines is 2. The van der Waals surface area contributed by atoms with Gasteiger partial charge in [0.2, 0.25) is 5.95 Å². The van der Waals surface area contributed by atoms with Crippen LogP contribution in [-0.2, 0) is 0 Å². The van der Waals surface area contributed by atoms with E-state index in [0.717, 1.165) is 23.8 Å². The van der Waals surface area contributed by atoms with E-state index in [4.69, 9.17) is 0 Å². The van der Waals surface area contributed by atoms with Crippen LogP contribution in [0.4, 0.5) is 11.8 Å². The molecule has 1 aliphatic rings. The molecule has 1 atom stereocenters. The van der Waals surface area contributed by atoms with Crippen molar-refractivity contribution >= 4 is 22.9 Å². The summed E-state index contributed by atoms with van der Waals surface area (Å²) in [5, 5.41) is 6.65. The van der Waals surface area contributed by atoms with Gasteiger partial charge in [0.05, 0.1) is 6.33 Å². The van der Waals surface area contributed by atoms with E-state index in [-0.39, 0.29) is 0 Å². The predicted octanol–water partition coefficient (Wildman–Crippen LogP) is 2.39. The van der Waals surface area contributed by atoms with E-state index in [9.17, 15) is 0 Å². The highest BCUT2D eigenvalue weighted by Gasteiger charge is 2.24. The third kappa shape index (κ3) is 2.34. The minimum Gasteiger partial charge on any atom is -0.365 e. The predicted molar refractivity (Wildman–Crippen MR) is 76.3 cm³/mol. The Morgan fingerprint density at radius 3 is 2.95 bits per heavy atom. The van der Waals surface area contributed by atoms with Crippen LogP contribution < -0.4 is 10.6 Å². The first-order chi connectivity index (χ1) is 9.28. The van der Waals surface area contributed by atoms with Crippen LogP contribution in [0, 0.1) is 5.92 Å². The number of hydrogen-bond acceptors (Lipinski definition) is 5. The number of aromatic nitrogens is 4. The van der Waals surface area contributed by atoms with Crippen LogP contribution in [0.5, 0.6) is 0 Å². The molecule has 0 spiro atoms. The molecule has 6 nitrogen and oxygen atoms in total. The van der Waals surface area contributed by atoms with E-state index in [1.54, 1.807) is 6.33 Å². The van der Waals surface area contributed by atoms with Crippen molar-refractivity contribution in [3.63, 3.8) is 0 Å². The van der Waals surface area contributed by atoms with E-state index in [1.165, 1.54) is 19.3 Å². The summed E-state index contributed by atoms with van der Waals surface area (Å²) in [4.78, 5) is 16.2. The lowest BCUT2D eigenvalue weighted by atomic mass is 9.80. The Bertz CT molecular complexity index is 559. The first-order valence-electron chi connectivity index (χ1n) is 6.99. The average Bonchev–Trinajstić information content (AvgIpc) is 2.75. The minimum atomic E-state index is 0.435. The molecule has 2 aromatic heterocycles. The van der Waals surface area contributed by atoms with Crippen molar-refractivity contribution < 1.29 is 0 Å². The van der Waals surface area contributed by atoms with E-state index in [2.05, 4.69) is 37.5 Å². The normalized spacial score (nSPS) is 17.2. The third-order valence-electron chi connectivity index (χ3n) is 3.84. The molecule has 2 heterocycles. The van der Waals surface area contributed by atoms with E-state index < -0.39 is 0 Å². The smallest absolute Gasteiger partial charge is 0.226 e. The Balaban J connectivity index is 1.88.